The number of nitrogens with one attached hydrogen (secondary N) is 2. The van der Waals surface area contributed by atoms with E-state index in [0.29, 0.717) is 18.3 Å². The van der Waals surface area contributed by atoms with Crippen LogP contribution >= 0.6 is 0 Å². The molecular formula is C22H35FN4O. The van der Waals surface area contributed by atoms with E-state index in [1.807, 2.05) is 6.92 Å². The van der Waals surface area contributed by atoms with Gasteiger partial charge in [-0.3, -0.25) is 4.99 Å². The zero-order valence-electron chi connectivity index (χ0n) is 17.3. The molecule has 0 aromatic heterocycles. The van der Waals surface area contributed by atoms with Gasteiger partial charge in [0.2, 0.25) is 0 Å². The molecule has 2 aliphatic rings. The first kappa shape index (κ1) is 20.9. The number of hydrogen-bond acceptors (Lipinski definition) is 3. The zero-order chi connectivity index (χ0) is 19.8. The molecule has 28 heavy (non-hydrogen) atoms. The minimum atomic E-state index is -0.283. The summed E-state index contributed by atoms with van der Waals surface area (Å²) in [7, 11) is 1.80. The van der Waals surface area contributed by atoms with Gasteiger partial charge in [-0.05, 0) is 44.7 Å². The molecule has 1 aromatic rings. The summed E-state index contributed by atoms with van der Waals surface area (Å²) < 4.78 is 19.0. The van der Waals surface area contributed by atoms with Gasteiger partial charge in [0.1, 0.15) is 17.7 Å². The van der Waals surface area contributed by atoms with Crippen molar-refractivity contribution in [3.63, 3.8) is 0 Å². The monoisotopic (exact) mass is 390 g/mol. The van der Waals surface area contributed by atoms with Crippen molar-refractivity contribution in [2.75, 3.05) is 26.7 Å². The highest BCUT2D eigenvalue weighted by atomic mass is 19.1. The van der Waals surface area contributed by atoms with E-state index in [1.165, 1.54) is 57.3 Å². The first-order valence-corrected chi connectivity index (χ1v) is 10.8. The number of ether oxygens (including phenoxy) is 1. The molecule has 0 spiro atoms. The van der Waals surface area contributed by atoms with Crippen molar-refractivity contribution in [1.29, 1.82) is 0 Å². The number of hydrogen-bond donors (Lipinski definition) is 2. The fourth-order valence-corrected chi connectivity index (χ4v) is 4.30. The van der Waals surface area contributed by atoms with Gasteiger partial charge in [-0.1, -0.05) is 25.3 Å². The van der Waals surface area contributed by atoms with Crippen LogP contribution < -0.4 is 15.4 Å². The van der Waals surface area contributed by atoms with E-state index in [9.17, 15) is 4.39 Å². The van der Waals surface area contributed by atoms with Gasteiger partial charge in [0.15, 0.2) is 5.96 Å². The van der Waals surface area contributed by atoms with Crippen LogP contribution in [-0.4, -0.2) is 55.7 Å². The van der Waals surface area contributed by atoms with Gasteiger partial charge in [0.05, 0.1) is 6.54 Å². The Kier molecular flexibility index (Phi) is 7.95. The molecule has 0 radical (unpaired) electrons. The molecule has 6 heteroatoms. The maximum absolute atomic E-state index is 13.3. The van der Waals surface area contributed by atoms with Gasteiger partial charge < -0.3 is 20.3 Å². The Bertz CT molecular complexity index is 625. The van der Waals surface area contributed by atoms with Gasteiger partial charge in [-0.15, -0.1) is 0 Å². The molecule has 3 rings (SSSR count). The SMILES string of the molecule is CN=C(NCC(C)Oc1cccc(F)c1)NC1CCN(C2CCCCC2)CC1. The number of halogens is 1. The number of guanidine groups is 1. The molecule has 2 fully saturated rings. The first-order chi connectivity index (χ1) is 13.6. The standard InChI is InChI=1S/C22H35FN4O/c1-17(28-21-10-6-7-18(23)15-21)16-25-22(24-2)26-19-11-13-27(14-12-19)20-8-4-3-5-9-20/h6-7,10,15,17,19-20H,3-5,8-9,11-14,16H2,1-2H3,(H2,24,25,26). The molecule has 0 bridgehead atoms. The lowest BCUT2D eigenvalue weighted by Gasteiger charge is -2.39. The molecule has 1 saturated carbocycles. The third-order valence-electron chi connectivity index (χ3n) is 5.88. The normalized spacial score (nSPS) is 21.3. The minimum Gasteiger partial charge on any atom is -0.489 e. The van der Waals surface area contributed by atoms with Crippen LogP contribution in [0.1, 0.15) is 51.9 Å². The van der Waals surface area contributed by atoms with E-state index in [2.05, 4.69) is 20.5 Å². The fourth-order valence-electron chi connectivity index (χ4n) is 4.30. The highest BCUT2D eigenvalue weighted by Crippen LogP contribution is 2.25. The second kappa shape index (κ2) is 10.6. The lowest BCUT2D eigenvalue weighted by molar-refractivity contribution is 0.119. The van der Waals surface area contributed by atoms with Crippen LogP contribution in [0.25, 0.3) is 0 Å². The summed E-state index contributed by atoms with van der Waals surface area (Å²) in [4.78, 5) is 7.05. The third kappa shape index (κ3) is 6.36. The summed E-state index contributed by atoms with van der Waals surface area (Å²) in [5.41, 5.74) is 0. The molecule has 1 aliphatic carbocycles. The van der Waals surface area contributed by atoms with Crippen molar-refractivity contribution < 1.29 is 9.13 Å². The maximum Gasteiger partial charge on any atom is 0.191 e. The summed E-state index contributed by atoms with van der Waals surface area (Å²) in [6.07, 6.45) is 9.20. The summed E-state index contributed by atoms with van der Waals surface area (Å²) >= 11 is 0. The Labute approximate surface area is 168 Å². The van der Waals surface area contributed by atoms with E-state index in [-0.39, 0.29) is 11.9 Å². The number of aliphatic imine (C=N–C) groups is 1. The van der Waals surface area contributed by atoms with Gasteiger partial charge in [-0.25, -0.2) is 4.39 Å². The third-order valence-corrected chi connectivity index (χ3v) is 5.88. The summed E-state index contributed by atoms with van der Waals surface area (Å²) in [5, 5.41) is 6.89. The zero-order valence-corrected chi connectivity index (χ0v) is 17.3. The molecule has 1 unspecified atom stereocenters. The van der Waals surface area contributed by atoms with E-state index in [4.69, 9.17) is 4.74 Å². The van der Waals surface area contributed by atoms with Gasteiger partial charge in [-0.2, -0.15) is 0 Å². The number of benzene rings is 1. The first-order valence-electron chi connectivity index (χ1n) is 10.8. The van der Waals surface area contributed by atoms with Crippen molar-refractivity contribution in [2.45, 2.75) is 70.1 Å². The quantitative estimate of drug-likeness (QED) is 0.576. The lowest BCUT2D eigenvalue weighted by atomic mass is 9.92. The molecule has 2 N–H and O–H groups in total. The van der Waals surface area contributed by atoms with Gasteiger partial charge in [0.25, 0.3) is 0 Å². The number of nitrogens with zero attached hydrogens (tertiary/aromatic N) is 2. The van der Waals surface area contributed by atoms with Crippen molar-refractivity contribution >= 4 is 5.96 Å². The average Bonchev–Trinajstić information content (AvgIpc) is 2.72. The highest BCUT2D eigenvalue weighted by molar-refractivity contribution is 5.80. The van der Waals surface area contributed by atoms with Crippen LogP contribution in [0.4, 0.5) is 4.39 Å². The summed E-state index contributed by atoms with van der Waals surface area (Å²) in [5.74, 6) is 1.08. The largest absolute Gasteiger partial charge is 0.489 e. The van der Waals surface area contributed by atoms with E-state index < -0.39 is 0 Å². The molecular weight excluding hydrogens is 355 g/mol. The molecule has 156 valence electrons. The van der Waals surface area contributed by atoms with Crippen LogP contribution in [0.5, 0.6) is 5.75 Å². The predicted molar refractivity (Wildman–Crippen MR) is 112 cm³/mol. The molecule has 1 atom stereocenters. The molecule has 0 amide bonds. The Balaban J connectivity index is 1.37. The Hall–Kier alpha value is -1.82. The summed E-state index contributed by atoms with van der Waals surface area (Å²) in [6, 6.07) is 7.53. The molecule has 1 aliphatic heterocycles. The maximum atomic E-state index is 13.3. The second-order valence-corrected chi connectivity index (χ2v) is 8.09. The topological polar surface area (TPSA) is 48.9 Å². The van der Waals surface area contributed by atoms with Crippen LogP contribution in [0.3, 0.4) is 0 Å². The molecule has 5 nitrogen and oxygen atoms in total. The average molecular weight is 391 g/mol. The van der Waals surface area contributed by atoms with E-state index >= 15 is 0 Å². The Morgan fingerprint density at radius 3 is 2.64 bits per heavy atom. The molecule has 1 heterocycles. The minimum absolute atomic E-state index is 0.0894. The summed E-state index contributed by atoms with van der Waals surface area (Å²) in [6.45, 7) is 4.93. The van der Waals surface area contributed by atoms with Crippen LogP contribution in [0.15, 0.2) is 29.3 Å². The Morgan fingerprint density at radius 2 is 1.96 bits per heavy atom. The van der Waals surface area contributed by atoms with Crippen LogP contribution in [-0.2, 0) is 0 Å². The van der Waals surface area contributed by atoms with Crippen molar-refractivity contribution in [1.82, 2.24) is 15.5 Å². The number of likely N-dealkylation sites (tertiary alicyclic amines) is 1. The highest BCUT2D eigenvalue weighted by Gasteiger charge is 2.26. The van der Waals surface area contributed by atoms with Crippen LogP contribution in [0.2, 0.25) is 0 Å². The van der Waals surface area contributed by atoms with E-state index in [0.717, 1.165) is 24.8 Å². The smallest absolute Gasteiger partial charge is 0.191 e. The van der Waals surface area contributed by atoms with Gasteiger partial charge >= 0.3 is 0 Å². The van der Waals surface area contributed by atoms with Crippen LogP contribution in [0, 0.1) is 5.82 Å². The predicted octanol–water partition coefficient (Wildman–Crippen LogP) is 3.56. The van der Waals surface area contributed by atoms with Crippen molar-refractivity contribution in [2.24, 2.45) is 4.99 Å². The second-order valence-electron chi connectivity index (χ2n) is 8.09. The van der Waals surface area contributed by atoms with Crippen molar-refractivity contribution in [3.8, 4) is 5.75 Å². The van der Waals surface area contributed by atoms with Crippen molar-refractivity contribution in [3.05, 3.63) is 30.1 Å². The lowest BCUT2D eigenvalue weighted by Crippen LogP contribution is -2.51. The van der Waals surface area contributed by atoms with E-state index in [1.54, 1.807) is 19.2 Å². The Morgan fingerprint density at radius 1 is 1.21 bits per heavy atom. The number of piperidine rings is 1. The molecule has 1 saturated heterocycles. The van der Waals surface area contributed by atoms with Gasteiger partial charge in [0, 0.05) is 38.3 Å². The fraction of sp³-hybridized carbons (Fsp3) is 0.682. The number of rotatable bonds is 6. The molecule has 1 aromatic carbocycles.